The first-order valence-corrected chi connectivity index (χ1v) is 7.04. The average molecular weight is 329 g/mol. The molecule has 0 saturated carbocycles. The number of aromatic nitrogens is 2. The first kappa shape index (κ1) is 15.7. The van der Waals surface area contributed by atoms with Crippen LogP contribution < -0.4 is 5.32 Å². The van der Waals surface area contributed by atoms with Crippen molar-refractivity contribution in [2.24, 2.45) is 0 Å². The van der Waals surface area contributed by atoms with E-state index in [1.54, 1.807) is 42.3 Å². The molecule has 0 atom stereocenters. The normalized spacial score (nSPS) is 10.6. The van der Waals surface area contributed by atoms with Crippen LogP contribution in [0.1, 0.15) is 15.9 Å². The molecular weight excluding hydrogens is 316 g/mol. The molecule has 0 amide bonds. The Balaban J connectivity index is 2.00. The second-order valence-electron chi connectivity index (χ2n) is 5.18. The standard InChI is InChI=1S/C17H13F2N3O2/c1-10-8-11(22-7-6-20-9-22)2-5-14(10)21-16-12(17(23)24)3-4-13(18)15(16)19/h2-9,21H,1H3,(H,23,24). The van der Waals surface area contributed by atoms with E-state index in [-0.39, 0.29) is 5.56 Å². The molecule has 0 aliphatic heterocycles. The van der Waals surface area contributed by atoms with Crippen LogP contribution in [0.15, 0.2) is 49.1 Å². The molecule has 5 nitrogen and oxygen atoms in total. The Morgan fingerprint density at radius 1 is 1.25 bits per heavy atom. The van der Waals surface area contributed by atoms with Crippen molar-refractivity contribution in [2.75, 3.05) is 5.32 Å². The highest BCUT2D eigenvalue weighted by Gasteiger charge is 2.19. The maximum atomic E-state index is 14.0. The Morgan fingerprint density at radius 2 is 2.04 bits per heavy atom. The smallest absolute Gasteiger partial charge is 0.337 e. The third-order valence-corrected chi connectivity index (χ3v) is 3.60. The highest BCUT2D eigenvalue weighted by molar-refractivity contribution is 5.95. The minimum absolute atomic E-state index is 0.341. The van der Waals surface area contributed by atoms with Gasteiger partial charge in [-0.3, -0.25) is 0 Å². The Morgan fingerprint density at radius 3 is 2.67 bits per heavy atom. The van der Waals surface area contributed by atoms with E-state index < -0.39 is 23.3 Å². The highest BCUT2D eigenvalue weighted by atomic mass is 19.2. The molecular formula is C17H13F2N3O2. The minimum Gasteiger partial charge on any atom is -0.478 e. The number of carbonyl (C=O) groups is 1. The molecule has 122 valence electrons. The Labute approximate surface area is 136 Å². The lowest BCUT2D eigenvalue weighted by Gasteiger charge is -2.14. The molecule has 7 heteroatoms. The number of nitrogens with zero attached hydrogens (tertiary/aromatic N) is 2. The number of aromatic carboxylic acids is 1. The van der Waals surface area contributed by atoms with Gasteiger partial charge in [0, 0.05) is 23.8 Å². The molecule has 3 rings (SSSR count). The lowest BCUT2D eigenvalue weighted by Crippen LogP contribution is -2.07. The van der Waals surface area contributed by atoms with Crippen LogP contribution in [0.4, 0.5) is 20.2 Å². The summed E-state index contributed by atoms with van der Waals surface area (Å²) in [5.74, 6) is -3.69. The summed E-state index contributed by atoms with van der Waals surface area (Å²) in [5.41, 5.74) is 1.31. The summed E-state index contributed by atoms with van der Waals surface area (Å²) in [6.45, 7) is 1.78. The van der Waals surface area contributed by atoms with Gasteiger partial charge >= 0.3 is 5.97 Å². The van der Waals surface area contributed by atoms with E-state index in [4.69, 9.17) is 5.11 Å². The summed E-state index contributed by atoms with van der Waals surface area (Å²) in [6, 6.07) is 7.06. The number of imidazole rings is 1. The van der Waals surface area contributed by atoms with Crippen molar-refractivity contribution >= 4 is 17.3 Å². The Kier molecular flexibility index (Phi) is 3.99. The van der Waals surface area contributed by atoms with Gasteiger partial charge in [-0.2, -0.15) is 0 Å². The molecule has 0 aliphatic carbocycles. The predicted octanol–water partition coefficient (Wildman–Crippen LogP) is 3.90. The molecule has 0 saturated heterocycles. The van der Waals surface area contributed by atoms with Gasteiger partial charge in [0.05, 0.1) is 17.6 Å². The topological polar surface area (TPSA) is 67.2 Å². The zero-order valence-electron chi connectivity index (χ0n) is 12.6. The van der Waals surface area contributed by atoms with Gasteiger partial charge in [0.25, 0.3) is 0 Å². The van der Waals surface area contributed by atoms with Gasteiger partial charge in [0.15, 0.2) is 11.6 Å². The summed E-state index contributed by atoms with van der Waals surface area (Å²) in [6.07, 6.45) is 5.05. The van der Waals surface area contributed by atoms with Crippen molar-refractivity contribution in [3.63, 3.8) is 0 Å². The molecule has 0 bridgehead atoms. The fourth-order valence-corrected chi connectivity index (χ4v) is 2.35. The van der Waals surface area contributed by atoms with Crippen molar-refractivity contribution in [3.05, 3.63) is 71.8 Å². The zero-order valence-corrected chi connectivity index (χ0v) is 12.6. The summed E-state index contributed by atoms with van der Waals surface area (Å²) >= 11 is 0. The molecule has 1 aromatic heterocycles. The van der Waals surface area contributed by atoms with E-state index in [0.717, 1.165) is 23.4 Å². The van der Waals surface area contributed by atoms with E-state index in [2.05, 4.69) is 10.3 Å². The number of benzene rings is 2. The van der Waals surface area contributed by atoms with E-state index >= 15 is 0 Å². The molecule has 0 unspecified atom stereocenters. The Hall–Kier alpha value is -3.22. The number of rotatable bonds is 4. The third kappa shape index (κ3) is 2.83. The largest absolute Gasteiger partial charge is 0.478 e. The number of carboxylic acid groups (broad SMARTS) is 1. The van der Waals surface area contributed by atoms with Gasteiger partial charge < -0.3 is 15.0 Å². The lowest BCUT2D eigenvalue weighted by molar-refractivity contribution is 0.0697. The van der Waals surface area contributed by atoms with Crippen molar-refractivity contribution in [3.8, 4) is 5.69 Å². The number of carboxylic acids is 1. The number of nitrogens with one attached hydrogen (secondary N) is 1. The number of hydrogen-bond acceptors (Lipinski definition) is 3. The second-order valence-corrected chi connectivity index (χ2v) is 5.18. The van der Waals surface area contributed by atoms with Crippen molar-refractivity contribution in [1.29, 1.82) is 0 Å². The maximum Gasteiger partial charge on any atom is 0.337 e. The van der Waals surface area contributed by atoms with Gasteiger partial charge in [-0.25, -0.2) is 18.6 Å². The van der Waals surface area contributed by atoms with Crippen LogP contribution in [-0.4, -0.2) is 20.6 Å². The van der Waals surface area contributed by atoms with Crippen LogP contribution in [0.25, 0.3) is 5.69 Å². The summed E-state index contributed by atoms with van der Waals surface area (Å²) in [4.78, 5) is 15.2. The fourth-order valence-electron chi connectivity index (χ4n) is 2.35. The molecule has 1 heterocycles. The van der Waals surface area contributed by atoms with Gasteiger partial charge in [-0.1, -0.05) is 0 Å². The molecule has 0 aliphatic rings. The summed E-state index contributed by atoms with van der Waals surface area (Å²) < 4.78 is 29.3. The quantitative estimate of drug-likeness (QED) is 0.762. The number of halogens is 2. The minimum atomic E-state index is -1.34. The monoisotopic (exact) mass is 329 g/mol. The number of aryl methyl sites for hydroxylation is 1. The first-order valence-electron chi connectivity index (χ1n) is 7.04. The van der Waals surface area contributed by atoms with Crippen LogP contribution in [0.2, 0.25) is 0 Å². The third-order valence-electron chi connectivity index (χ3n) is 3.60. The van der Waals surface area contributed by atoms with E-state index in [1.807, 2.05) is 6.07 Å². The van der Waals surface area contributed by atoms with Crippen LogP contribution in [0, 0.1) is 18.6 Å². The molecule has 3 aromatic rings. The van der Waals surface area contributed by atoms with Crippen LogP contribution in [0.3, 0.4) is 0 Å². The van der Waals surface area contributed by atoms with Gasteiger partial charge in [-0.05, 0) is 42.8 Å². The average Bonchev–Trinajstić information content (AvgIpc) is 3.07. The predicted molar refractivity (Wildman–Crippen MR) is 84.9 cm³/mol. The molecule has 0 radical (unpaired) electrons. The van der Waals surface area contributed by atoms with Gasteiger partial charge in [-0.15, -0.1) is 0 Å². The Bertz CT molecular complexity index is 908. The van der Waals surface area contributed by atoms with Crippen molar-refractivity contribution < 1.29 is 18.7 Å². The highest BCUT2D eigenvalue weighted by Crippen LogP contribution is 2.29. The van der Waals surface area contributed by atoms with Crippen LogP contribution in [0.5, 0.6) is 0 Å². The fraction of sp³-hybridized carbons (Fsp3) is 0.0588. The van der Waals surface area contributed by atoms with Crippen LogP contribution in [-0.2, 0) is 0 Å². The summed E-state index contributed by atoms with van der Waals surface area (Å²) in [7, 11) is 0. The molecule has 2 N–H and O–H groups in total. The number of anilines is 2. The molecule has 24 heavy (non-hydrogen) atoms. The van der Waals surface area contributed by atoms with Crippen molar-refractivity contribution in [2.45, 2.75) is 6.92 Å². The zero-order chi connectivity index (χ0) is 17.3. The van der Waals surface area contributed by atoms with E-state index in [1.165, 1.54) is 0 Å². The molecule has 0 fully saturated rings. The van der Waals surface area contributed by atoms with Crippen molar-refractivity contribution in [1.82, 2.24) is 9.55 Å². The van der Waals surface area contributed by atoms with Gasteiger partial charge in [0.1, 0.15) is 0 Å². The number of hydrogen-bond donors (Lipinski definition) is 2. The molecule has 2 aromatic carbocycles. The molecule has 0 spiro atoms. The van der Waals surface area contributed by atoms with Crippen LogP contribution >= 0.6 is 0 Å². The SMILES string of the molecule is Cc1cc(-n2ccnc2)ccc1Nc1c(C(=O)O)ccc(F)c1F. The second kappa shape index (κ2) is 6.11. The van der Waals surface area contributed by atoms with Gasteiger partial charge in [0.2, 0.25) is 0 Å². The van der Waals surface area contributed by atoms with E-state index in [9.17, 15) is 13.6 Å². The van der Waals surface area contributed by atoms with E-state index in [0.29, 0.717) is 5.69 Å². The summed E-state index contributed by atoms with van der Waals surface area (Å²) in [5, 5.41) is 11.8. The first-order chi connectivity index (χ1) is 11.5. The maximum absolute atomic E-state index is 14.0. The lowest BCUT2D eigenvalue weighted by atomic mass is 10.1.